The number of aryl methyl sites for hydroxylation is 4. The van der Waals surface area contributed by atoms with E-state index in [9.17, 15) is 19.6 Å². The second kappa shape index (κ2) is 16.3. The van der Waals surface area contributed by atoms with Crippen molar-refractivity contribution in [3.63, 3.8) is 0 Å². The molecule has 5 heterocycles. The van der Waals surface area contributed by atoms with E-state index in [0.29, 0.717) is 76.0 Å². The summed E-state index contributed by atoms with van der Waals surface area (Å²) >= 11 is 0. The molecule has 2 aliphatic heterocycles. The Morgan fingerprint density at radius 1 is 0.784 bits per heavy atom. The van der Waals surface area contributed by atoms with Gasteiger partial charge in [0.1, 0.15) is 0 Å². The van der Waals surface area contributed by atoms with Crippen LogP contribution >= 0.6 is 0 Å². The smallest absolute Gasteiger partial charge is 0.657 e. The molecule has 0 aromatic carbocycles. The second-order valence-corrected chi connectivity index (χ2v) is 12.4. The van der Waals surface area contributed by atoms with Gasteiger partial charge in [0, 0.05) is 24.5 Å². The molecule has 11 heteroatoms. The number of methoxy groups -OCH3 is 2. The van der Waals surface area contributed by atoms with Gasteiger partial charge in [-0.1, -0.05) is 48.2 Å². The molecule has 0 N–H and O–H groups in total. The molecular weight excluding hydrogens is 689 g/mol. The van der Waals surface area contributed by atoms with Crippen molar-refractivity contribution in [1.29, 1.82) is 5.26 Å². The molecule has 8 bridgehead atoms. The molecule has 0 spiro atoms. The van der Waals surface area contributed by atoms with E-state index in [1.165, 1.54) is 20.3 Å². The fourth-order valence-corrected chi connectivity index (χ4v) is 6.97. The summed E-state index contributed by atoms with van der Waals surface area (Å²) < 4.78 is 9.90. The monoisotopic (exact) mass is 729 g/mol. The molecule has 0 aliphatic carbocycles. The normalized spacial score (nSPS) is 12.6. The SMILES string of the molecule is CCC1=C(C)c2nc1cc1[n-]c(cc3nc(c(C=O)c4[n-]c(c2/C=C/C#N)c(CC)c4C)C(C)=C3CCC(=O)OC)c(CCC(=O)OC)c1C.[Ni+2]. The molecular formula is C40H41N5NiO5. The number of nitriles is 1. The van der Waals surface area contributed by atoms with Crippen LogP contribution in [0.4, 0.5) is 0 Å². The molecule has 0 fully saturated rings. The molecule has 5 rings (SSSR count). The van der Waals surface area contributed by atoms with Crippen molar-refractivity contribution in [2.24, 2.45) is 0 Å². The molecule has 266 valence electrons. The van der Waals surface area contributed by atoms with Gasteiger partial charge in [0.15, 0.2) is 6.29 Å². The Kier molecular flexibility index (Phi) is 12.4. The fourth-order valence-electron chi connectivity index (χ4n) is 6.97. The first kappa shape index (κ1) is 38.7. The third-order valence-corrected chi connectivity index (χ3v) is 9.73. The van der Waals surface area contributed by atoms with Gasteiger partial charge in [0.2, 0.25) is 0 Å². The van der Waals surface area contributed by atoms with Crippen molar-refractivity contribution >= 4 is 68.7 Å². The van der Waals surface area contributed by atoms with Crippen molar-refractivity contribution < 1.29 is 40.3 Å². The quantitative estimate of drug-likeness (QED) is 0.0893. The van der Waals surface area contributed by atoms with Crippen LogP contribution < -0.4 is 9.97 Å². The van der Waals surface area contributed by atoms with E-state index in [2.05, 4.69) is 13.0 Å². The van der Waals surface area contributed by atoms with Crippen LogP contribution in [0, 0.1) is 25.2 Å². The fraction of sp³-hybridized carbons (Fsp3) is 0.350. The number of fused-ring (bicyclic) bond motifs is 8. The average Bonchev–Trinajstić information content (AvgIpc) is 3.80. The average molecular weight is 730 g/mol. The first-order valence-corrected chi connectivity index (χ1v) is 16.8. The van der Waals surface area contributed by atoms with Crippen LogP contribution in [-0.4, -0.2) is 42.4 Å². The van der Waals surface area contributed by atoms with E-state index in [4.69, 9.17) is 29.4 Å². The number of esters is 2. The summed E-state index contributed by atoms with van der Waals surface area (Å²) in [5.74, 6) is -0.700. The van der Waals surface area contributed by atoms with Crippen LogP contribution in [0.2, 0.25) is 0 Å². The minimum absolute atomic E-state index is 0. The van der Waals surface area contributed by atoms with Gasteiger partial charge in [-0.3, -0.25) is 14.4 Å². The Bertz CT molecular complexity index is 2230. The molecule has 0 saturated carbocycles. The van der Waals surface area contributed by atoms with E-state index >= 15 is 0 Å². The minimum Gasteiger partial charge on any atom is -0.657 e. The summed E-state index contributed by atoms with van der Waals surface area (Å²) in [6.07, 6.45) is 6.28. The Hall–Kier alpha value is -5.07. The minimum atomic E-state index is -0.364. The summed E-state index contributed by atoms with van der Waals surface area (Å²) in [6, 6.07) is 5.96. The van der Waals surface area contributed by atoms with Crippen molar-refractivity contribution in [1.82, 2.24) is 19.9 Å². The van der Waals surface area contributed by atoms with Crippen molar-refractivity contribution in [3.8, 4) is 6.07 Å². The van der Waals surface area contributed by atoms with E-state index in [1.807, 2.05) is 46.8 Å². The number of ether oxygens (including phenoxy) is 2. The van der Waals surface area contributed by atoms with Crippen LogP contribution in [-0.2, 0) is 48.4 Å². The predicted octanol–water partition coefficient (Wildman–Crippen LogP) is 7.43. The first-order chi connectivity index (χ1) is 24.0. The number of hydrogen-bond donors (Lipinski definition) is 0. The summed E-state index contributed by atoms with van der Waals surface area (Å²) in [6.45, 7) is 12.0. The van der Waals surface area contributed by atoms with Gasteiger partial charge >= 0.3 is 28.4 Å². The summed E-state index contributed by atoms with van der Waals surface area (Å²) in [5, 5.41) is 9.60. The molecule has 0 saturated heterocycles. The summed E-state index contributed by atoms with van der Waals surface area (Å²) in [5.41, 5.74) is 13.1. The van der Waals surface area contributed by atoms with Gasteiger partial charge in [0.05, 0.1) is 43.1 Å². The number of aldehydes is 1. The van der Waals surface area contributed by atoms with Crippen LogP contribution in [0.1, 0.15) is 114 Å². The number of carbonyl (C=O) groups excluding carboxylic acids is 3. The third kappa shape index (κ3) is 7.24. The van der Waals surface area contributed by atoms with E-state index in [1.54, 1.807) is 6.08 Å². The largest absolute Gasteiger partial charge is 2.00 e. The Balaban J connectivity index is 0.00000583. The molecule has 0 atom stereocenters. The number of hydrogen-bond acceptors (Lipinski definition) is 8. The molecule has 2 aliphatic rings. The summed E-state index contributed by atoms with van der Waals surface area (Å²) in [7, 11) is 2.72. The molecule has 0 radical (unpaired) electrons. The van der Waals surface area contributed by atoms with Crippen molar-refractivity contribution in [3.05, 3.63) is 74.4 Å². The molecule has 3 aromatic heterocycles. The second-order valence-electron chi connectivity index (χ2n) is 12.4. The van der Waals surface area contributed by atoms with Crippen LogP contribution in [0.25, 0.3) is 50.4 Å². The van der Waals surface area contributed by atoms with Gasteiger partial charge in [-0.05, 0) is 87.3 Å². The zero-order valence-corrected chi connectivity index (χ0v) is 31.2. The Labute approximate surface area is 308 Å². The summed E-state index contributed by atoms with van der Waals surface area (Å²) in [4.78, 5) is 58.0. The number of carbonyl (C=O) groups is 3. The molecule has 51 heavy (non-hydrogen) atoms. The van der Waals surface area contributed by atoms with Gasteiger partial charge in [0.25, 0.3) is 0 Å². The molecule has 0 unspecified atom stereocenters. The first-order valence-electron chi connectivity index (χ1n) is 16.8. The van der Waals surface area contributed by atoms with Gasteiger partial charge in [-0.2, -0.15) is 5.26 Å². The number of aromatic nitrogens is 4. The Morgan fingerprint density at radius 3 is 1.96 bits per heavy atom. The van der Waals surface area contributed by atoms with Gasteiger partial charge in [-0.25, -0.2) is 9.97 Å². The zero-order valence-electron chi connectivity index (χ0n) is 30.2. The topological polar surface area (TPSA) is 147 Å². The molecule has 3 aromatic rings. The van der Waals surface area contributed by atoms with Crippen LogP contribution in [0.3, 0.4) is 0 Å². The standard InChI is InChI=1S/C40H42N5O5.Ni/c1-9-25-22(4)37-29(12-11-17-41)40-26(10-2)23(5)39(45-40)30(20-46)38-24(6)28(14-16-36(48)50-8)34(44-38)19-33-27(13-15-35(47)49-7)21(3)31(42-33)18-32(25)43-37;/h11-12,18-20H,9-10,13-16H2,1-8H3,(H-,42,43,44,45,46);/q-1;+2/p-1/b12-11+,31-18?,32-18?,33-19?,34-19?,37-29?,38-30?,39-30?,40-29?;. The number of rotatable bonds is 10. The maximum atomic E-state index is 13.1. The Morgan fingerprint density at radius 2 is 1.37 bits per heavy atom. The van der Waals surface area contributed by atoms with Gasteiger partial charge < -0.3 is 19.4 Å². The van der Waals surface area contributed by atoms with Crippen LogP contribution in [0.5, 0.6) is 0 Å². The van der Waals surface area contributed by atoms with Crippen LogP contribution in [0.15, 0.2) is 18.2 Å². The maximum absolute atomic E-state index is 13.1. The molecule has 0 amide bonds. The van der Waals surface area contributed by atoms with E-state index in [0.717, 1.165) is 56.5 Å². The number of allylic oxidation sites excluding steroid dienone is 5. The number of nitrogens with zero attached hydrogens (tertiary/aromatic N) is 5. The maximum Gasteiger partial charge on any atom is 2.00 e. The predicted molar refractivity (Wildman–Crippen MR) is 195 cm³/mol. The zero-order chi connectivity index (χ0) is 36.3. The van der Waals surface area contributed by atoms with Gasteiger partial charge in [-0.15, -0.1) is 22.1 Å². The van der Waals surface area contributed by atoms with E-state index < -0.39 is 0 Å². The molecule has 10 nitrogen and oxygen atoms in total. The van der Waals surface area contributed by atoms with E-state index in [-0.39, 0.29) is 41.3 Å². The third-order valence-electron chi connectivity index (χ3n) is 9.73. The van der Waals surface area contributed by atoms with Crippen molar-refractivity contribution in [2.75, 3.05) is 14.2 Å². The van der Waals surface area contributed by atoms with Crippen molar-refractivity contribution in [2.45, 2.75) is 80.1 Å².